The summed E-state index contributed by atoms with van der Waals surface area (Å²) >= 11 is 1.55. The maximum Gasteiger partial charge on any atom is 0.203 e. The number of hydrogen-bond acceptors (Lipinski definition) is 7. The first-order valence-corrected chi connectivity index (χ1v) is 8.13. The second-order valence-corrected chi connectivity index (χ2v) is 6.19. The monoisotopic (exact) mass is 343 g/mol. The van der Waals surface area contributed by atoms with Gasteiger partial charge in [-0.3, -0.25) is 0 Å². The second kappa shape index (κ2) is 6.45. The van der Waals surface area contributed by atoms with Crippen molar-refractivity contribution in [2.75, 3.05) is 14.2 Å². The van der Waals surface area contributed by atoms with Crippen LogP contribution in [0.25, 0.3) is 22.5 Å². The van der Waals surface area contributed by atoms with E-state index in [-0.39, 0.29) is 11.5 Å². The van der Waals surface area contributed by atoms with Crippen molar-refractivity contribution in [3.8, 4) is 39.8 Å². The van der Waals surface area contributed by atoms with Crippen molar-refractivity contribution in [2.45, 2.75) is 13.8 Å². The molecule has 0 saturated heterocycles. The second-order valence-electron chi connectivity index (χ2n) is 5.13. The molecule has 0 amide bonds. The summed E-state index contributed by atoms with van der Waals surface area (Å²) in [6.45, 7) is 3.74. The van der Waals surface area contributed by atoms with Crippen LogP contribution in [0.1, 0.15) is 10.8 Å². The smallest absolute Gasteiger partial charge is 0.203 e. The van der Waals surface area contributed by atoms with E-state index in [1.165, 1.54) is 14.2 Å². The number of benzene rings is 1. The van der Waals surface area contributed by atoms with Gasteiger partial charge in [-0.15, -0.1) is 11.3 Å². The van der Waals surface area contributed by atoms with Crippen LogP contribution >= 0.6 is 11.3 Å². The maximum atomic E-state index is 10.6. The summed E-state index contributed by atoms with van der Waals surface area (Å²) in [5.41, 5.74) is 2.68. The fourth-order valence-electron chi connectivity index (χ4n) is 2.45. The highest BCUT2D eigenvalue weighted by Crippen LogP contribution is 2.45. The maximum absolute atomic E-state index is 10.6. The first kappa shape index (κ1) is 16.2. The minimum absolute atomic E-state index is 0.0249. The van der Waals surface area contributed by atoms with E-state index < -0.39 is 0 Å². The Labute approximate surface area is 143 Å². The normalized spacial score (nSPS) is 10.7. The Bertz CT molecular complexity index is 893. The van der Waals surface area contributed by atoms with E-state index in [2.05, 4.69) is 15.0 Å². The van der Waals surface area contributed by atoms with Crippen molar-refractivity contribution in [2.24, 2.45) is 0 Å². The summed E-state index contributed by atoms with van der Waals surface area (Å²) in [6, 6.07) is 3.49. The zero-order valence-corrected chi connectivity index (χ0v) is 14.6. The van der Waals surface area contributed by atoms with Crippen molar-refractivity contribution in [1.29, 1.82) is 0 Å². The molecule has 0 bridgehead atoms. The number of ether oxygens (including phenoxy) is 2. The summed E-state index contributed by atoms with van der Waals surface area (Å²) < 4.78 is 10.5. The SMILES string of the molecule is COc1ccc(-c2nc(C)ncc2-c2csc(C)n2)c(O)c1OC. The van der Waals surface area contributed by atoms with Crippen LogP contribution < -0.4 is 9.47 Å². The lowest BCUT2D eigenvalue weighted by atomic mass is 10.0. The minimum Gasteiger partial charge on any atom is -0.504 e. The molecule has 7 heteroatoms. The van der Waals surface area contributed by atoms with Gasteiger partial charge >= 0.3 is 0 Å². The molecule has 0 unspecified atom stereocenters. The molecule has 0 radical (unpaired) electrons. The number of phenols is 1. The van der Waals surface area contributed by atoms with E-state index in [1.54, 1.807) is 36.6 Å². The summed E-state index contributed by atoms with van der Waals surface area (Å²) in [6.07, 6.45) is 1.72. The highest BCUT2D eigenvalue weighted by atomic mass is 32.1. The fourth-order valence-corrected chi connectivity index (χ4v) is 3.06. The number of nitrogens with zero attached hydrogens (tertiary/aromatic N) is 3. The van der Waals surface area contributed by atoms with Crippen LogP contribution in [0.3, 0.4) is 0 Å². The standard InChI is InChI=1S/C17H17N3O3S/c1-9-18-7-12(13-8-24-10(2)20-13)15(19-9)11-5-6-14(22-3)17(23-4)16(11)21/h5-8,21H,1-4H3. The van der Waals surface area contributed by atoms with Crippen molar-refractivity contribution < 1.29 is 14.6 Å². The molecule has 0 saturated carbocycles. The molecule has 124 valence electrons. The molecule has 0 fully saturated rings. The molecule has 6 nitrogen and oxygen atoms in total. The van der Waals surface area contributed by atoms with Crippen LogP contribution in [0.5, 0.6) is 17.2 Å². The van der Waals surface area contributed by atoms with Gasteiger partial charge in [-0.25, -0.2) is 15.0 Å². The number of hydrogen-bond donors (Lipinski definition) is 1. The van der Waals surface area contributed by atoms with E-state index in [4.69, 9.17) is 9.47 Å². The summed E-state index contributed by atoms with van der Waals surface area (Å²) in [5, 5.41) is 13.5. The number of aromatic hydroxyl groups is 1. The van der Waals surface area contributed by atoms with Crippen molar-refractivity contribution in [3.05, 3.63) is 34.5 Å². The number of thiazole rings is 1. The van der Waals surface area contributed by atoms with Crippen LogP contribution in [0.2, 0.25) is 0 Å². The Morgan fingerprint density at radius 3 is 2.46 bits per heavy atom. The highest BCUT2D eigenvalue weighted by Gasteiger charge is 2.20. The van der Waals surface area contributed by atoms with Gasteiger partial charge in [0, 0.05) is 22.7 Å². The number of aromatic nitrogens is 3. The van der Waals surface area contributed by atoms with Gasteiger partial charge < -0.3 is 14.6 Å². The topological polar surface area (TPSA) is 77.4 Å². The van der Waals surface area contributed by atoms with E-state index in [1.807, 2.05) is 12.3 Å². The summed E-state index contributed by atoms with van der Waals surface area (Å²) in [5.74, 6) is 1.31. The Kier molecular flexibility index (Phi) is 4.35. The van der Waals surface area contributed by atoms with E-state index in [0.717, 1.165) is 16.3 Å². The predicted octanol–water partition coefficient (Wildman–Crippen LogP) is 3.61. The fraction of sp³-hybridized carbons (Fsp3) is 0.235. The number of methoxy groups -OCH3 is 2. The lowest BCUT2D eigenvalue weighted by Crippen LogP contribution is -1.98. The first-order chi connectivity index (χ1) is 11.5. The third kappa shape index (κ3) is 2.78. The van der Waals surface area contributed by atoms with Gasteiger partial charge in [0.1, 0.15) is 5.82 Å². The van der Waals surface area contributed by atoms with Crippen LogP contribution in [-0.4, -0.2) is 34.3 Å². The van der Waals surface area contributed by atoms with Crippen LogP contribution in [0.15, 0.2) is 23.7 Å². The first-order valence-electron chi connectivity index (χ1n) is 7.25. The average Bonchev–Trinajstić information content (AvgIpc) is 3.00. The number of rotatable bonds is 4. The Morgan fingerprint density at radius 1 is 1.04 bits per heavy atom. The molecule has 2 heterocycles. The molecule has 0 aliphatic carbocycles. The van der Waals surface area contributed by atoms with E-state index in [0.29, 0.717) is 22.8 Å². The Hall–Kier alpha value is -2.67. The molecule has 0 atom stereocenters. The molecule has 1 aromatic carbocycles. The molecule has 0 spiro atoms. The molecule has 1 N–H and O–H groups in total. The minimum atomic E-state index is -0.0249. The molecule has 24 heavy (non-hydrogen) atoms. The van der Waals surface area contributed by atoms with Crippen LogP contribution in [0.4, 0.5) is 0 Å². The van der Waals surface area contributed by atoms with Gasteiger partial charge in [-0.05, 0) is 26.0 Å². The largest absolute Gasteiger partial charge is 0.504 e. The lowest BCUT2D eigenvalue weighted by molar-refractivity contribution is 0.334. The molecule has 3 aromatic rings. The Balaban J connectivity index is 2.25. The molecular weight excluding hydrogens is 326 g/mol. The zero-order chi connectivity index (χ0) is 17.3. The van der Waals surface area contributed by atoms with Crippen molar-refractivity contribution in [1.82, 2.24) is 15.0 Å². The quantitative estimate of drug-likeness (QED) is 0.780. The average molecular weight is 343 g/mol. The summed E-state index contributed by atoms with van der Waals surface area (Å²) in [7, 11) is 3.01. The molecule has 0 aliphatic rings. The lowest BCUT2D eigenvalue weighted by Gasteiger charge is -2.14. The van der Waals surface area contributed by atoms with Gasteiger partial charge in [0.2, 0.25) is 5.75 Å². The highest BCUT2D eigenvalue weighted by molar-refractivity contribution is 7.09. The molecule has 0 aliphatic heterocycles. The van der Waals surface area contributed by atoms with E-state index in [9.17, 15) is 5.11 Å². The van der Waals surface area contributed by atoms with Crippen LogP contribution in [0, 0.1) is 13.8 Å². The van der Waals surface area contributed by atoms with Gasteiger partial charge in [-0.1, -0.05) is 0 Å². The Morgan fingerprint density at radius 2 is 1.83 bits per heavy atom. The van der Waals surface area contributed by atoms with Gasteiger partial charge in [0.05, 0.1) is 30.6 Å². The third-order valence-corrected chi connectivity index (χ3v) is 4.35. The molecular formula is C17H17N3O3S. The van der Waals surface area contributed by atoms with Gasteiger partial charge in [-0.2, -0.15) is 0 Å². The number of phenolic OH excluding ortho intramolecular Hbond substituents is 1. The van der Waals surface area contributed by atoms with Gasteiger partial charge in [0.25, 0.3) is 0 Å². The number of aryl methyl sites for hydroxylation is 2. The van der Waals surface area contributed by atoms with Gasteiger partial charge in [0.15, 0.2) is 11.5 Å². The van der Waals surface area contributed by atoms with Crippen molar-refractivity contribution >= 4 is 11.3 Å². The molecule has 2 aromatic heterocycles. The predicted molar refractivity (Wildman–Crippen MR) is 92.8 cm³/mol. The van der Waals surface area contributed by atoms with Crippen LogP contribution in [-0.2, 0) is 0 Å². The molecule has 3 rings (SSSR count). The van der Waals surface area contributed by atoms with Crippen molar-refractivity contribution in [3.63, 3.8) is 0 Å². The van der Waals surface area contributed by atoms with E-state index >= 15 is 0 Å². The zero-order valence-electron chi connectivity index (χ0n) is 13.8. The summed E-state index contributed by atoms with van der Waals surface area (Å²) in [4.78, 5) is 13.3. The third-order valence-electron chi connectivity index (χ3n) is 3.58.